The lowest BCUT2D eigenvalue weighted by atomic mass is 10.2. The summed E-state index contributed by atoms with van der Waals surface area (Å²) in [6.07, 6.45) is 1.59. The molecule has 0 amide bonds. The minimum absolute atomic E-state index is 0.104. The first-order valence-corrected chi connectivity index (χ1v) is 8.02. The minimum Gasteiger partial charge on any atom is -0.397 e. The number of anilines is 1. The van der Waals surface area contributed by atoms with Crippen molar-refractivity contribution in [3.05, 3.63) is 60.3 Å². The van der Waals surface area contributed by atoms with Gasteiger partial charge in [0.05, 0.1) is 11.2 Å². The summed E-state index contributed by atoms with van der Waals surface area (Å²) in [7, 11) is -3.90. The number of aromatic nitrogens is 1. The van der Waals surface area contributed by atoms with Crippen molar-refractivity contribution in [2.24, 2.45) is 0 Å². The Bertz CT molecular complexity index is 935. The number of rotatable bonds is 3. The molecule has 2 N–H and O–H groups in total. The Morgan fingerprint density at radius 2 is 1.77 bits per heavy atom. The van der Waals surface area contributed by atoms with Crippen LogP contribution in [0, 0.1) is 6.92 Å². The molecule has 1 aromatic heterocycles. The Labute approximate surface area is 128 Å². The van der Waals surface area contributed by atoms with Crippen LogP contribution in [0.5, 0.6) is 5.75 Å². The Morgan fingerprint density at radius 1 is 1.05 bits per heavy atom. The quantitative estimate of drug-likeness (QED) is 0.594. The molecule has 0 atom stereocenters. The summed E-state index contributed by atoms with van der Waals surface area (Å²) in [5.41, 5.74) is 7.80. The second kappa shape index (κ2) is 5.31. The first-order valence-electron chi connectivity index (χ1n) is 6.62. The molecule has 0 aliphatic carbocycles. The van der Waals surface area contributed by atoms with E-state index in [-0.39, 0.29) is 10.6 Å². The van der Waals surface area contributed by atoms with Crippen LogP contribution in [-0.2, 0) is 10.1 Å². The molecule has 0 bridgehead atoms. The minimum atomic E-state index is -3.90. The predicted octanol–water partition coefficient (Wildman–Crippen LogP) is 2.89. The summed E-state index contributed by atoms with van der Waals surface area (Å²) in [6, 6.07) is 13.0. The van der Waals surface area contributed by atoms with E-state index in [1.165, 1.54) is 18.2 Å². The molecule has 0 aliphatic rings. The van der Waals surface area contributed by atoms with Crippen LogP contribution >= 0.6 is 0 Å². The summed E-state index contributed by atoms with van der Waals surface area (Å²) < 4.78 is 30.0. The Morgan fingerprint density at radius 3 is 2.50 bits per heavy atom. The first kappa shape index (κ1) is 14.3. The molecule has 3 rings (SSSR count). The largest absolute Gasteiger partial charge is 0.397 e. The molecule has 22 heavy (non-hydrogen) atoms. The third kappa shape index (κ3) is 2.60. The normalized spacial score (nSPS) is 11.5. The van der Waals surface area contributed by atoms with Crippen LogP contribution in [0.3, 0.4) is 0 Å². The van der Waals surface area contributed by atoms with Crippen LogP contribution in [0.1, 0.15) is 5.56 Å². The molecule has 0 radical (unpaired) electrons. The molecular weight excluding hydrogens is 300 g/mol. The fraction of sp³-hybridized carbons (Fsp3) is 0.0625. The van der Waals surface area contributed by atoms with E-state index in [0.717, 1.165) is 5.56 Å². The topological polar surface area (TPSA) is 82.3 Å². The number of benzene rings is 2. The second-order valence-corrected chi connectivity index (χ2v) is 6.45. The first-order chi connectivity index (χ1) is 10.5. The summed E-state index contributed by atoms with van der Waals surface area (Å²) in [5.74, 6) is 0.206. The van der Waals surface area contributed by atoms with E-state index in [1.807, 2.05) is 6.92 Å². The summed E-state index contributed by atoms with van der Waals surface area (Å²) >= 11 is 0. The molecule has 0 unspecified atom stereocenters. The van der Waals surface area contributed by atoms with E-state index >= 15 is 0 Å². The van der Waals surface area contributed by atoms with Gasteiger partial charge < -0.3 is 9.92 Å². The molecule has 0 aliphatic heterocycles. The number of nitrogens with zero attached hydrogens (tertiary/aromatic N) is 1. The molecule has 6 heteroatoms. The molecule has 0 spiro atoms. The fourth-order valence-electron chi connectivity index (χ4n) is 2.11. The smallest absolute Gasteiger partial charge is 0.339 e. The Hall–Kier alpha value is -2.60. The van der Waals surface area contributed by atoms with Gasteiger partial charge in [0.15, 0.2) is 5.75 Å². The molecular formula is C16H14N2O3S. The van der Waals surface area contributed by atoms with Gasteiger partial charge in [0.25, 0.3) is 0 Å². The lowest BCUT2D eigenvalue weighted by molar-refractivity contribution is 0.488. The van der Waals surface area contributed by atoms with Crippen LogP contribution in [-0.4, -0.2) is 13.4 Å². The van der Waals surface area contributed by atoms with Gasteiger partial charge in [0.1, 0.15) is 4.90 Å². The Kier molecular flexibility index (Phi) is 3.46. The highest BCUT2D eigenvalue weighted by atomic mass is 32.2. The number of fused-ring (bicyclic) bond motifs is 1. The van der Waals surface area contributed by atoms with Crippen molar-refractivity contribution in [1.29, 1.82) is 0 Å². The maximum absolute atomic E-state index is 12.4. The van der Waals surface area contributed by atoms with Crippen LogP contribution in [0.2, 0.25) is 0 Å². The standard InChI is InChI=1S/C16H14N2O3S/c1-11-4-6-12(7-5-11)22(19,20)21-15-9-8-14(17)16-13(15)3-2-10-18-16/h2-10H,17H2,1H3. The average Bonchev–Trinajstić information content (AvgIpc) is 2.51. The van der Waals surface area contributed by atoms with E-state index in [0.29, 0.717) is 16.6 Å². The van der Waals surface area contributed by atoms with E-state index < -0.39 is 10.1 Å². The number of hydrogen-bond acceptors (Lipinski definition) is 5. The monoisotopic (exact) mass is 314 g/mol. The molecule has 0 saturated carbocycles. The number of nitrogens with two attached hydrogens (primary N) is 1. The summed E-state index contributed by atoms with van der Waals surface area (Å²) in [6.45, 7) is 1.89. The number of pyridine rings is 1. The summed E-state index contributed by atoms with van der Waals surface area (Å²) in [5, 5.41) is 0.554. The van der Waals surface area contributed by atoms with Gasteiger partial charge in [-0.05, 0) is 43.3 Å². The van der Waals surface area contributed by atoms with E-state index in [9.17, 15) is 8.42 Å². The van der Waals surface area contributed by atoms with Gasteiger partial charge in [-0.25, -0.2) is 0 Å². The second-order valence-electron chi connectivity index (χ2n) is 4.90. The molecule has 2 aromatic carbocycles. The molecule has 0 fully saturated rings. The van der Waals surface area contributed by atoms with Gasteiger partial charge in [-0.1, -0.05) is 17.7 Å². The highest BCUT2D eigenvalue weighted by molar-refractivity contribution is 7.87. The van der Waals surface area contributed by atoms with Gasteiger partial charge in [-0.15, -0.1) is 0 Å². The number of aryl methyl sites for hydroxylation is 1. The molecule has 112 valence electrons. The van der Waals surface area contributed by atoms with Gasteiger partial charge in [0, 0.05) is 11.6 Å². The maximum atomic E-state index is 12.4. The molecule has 5 nitrogen and oxygen atoms in total. The third-order valence-corrected chi connectivity index (χ3v) is 4.52. The average molecular weight is 314 g/mol. The molecule has 3 aromatic rings. The lowest BCUT2D eigenvalue weighted by Gasteiger charge is -2.10. The van der Waals surface area contributed by atoms with Crippen LogP contribution in [0.15, 0.2) is 59.6 Å². The number of hydrogen-bond donors (Lipinski definition) is 1. The van der Waals surface area contributed by atoms with Crippen molar-refractivity contribution in [2.45, 2.75) is 11.8 Å². The van der Waals surface area contributed by atoms with Crippen molar-refractivity contribution in [3.63, 3.8) is 0 Å². The van der Waals surface area contributed by atoms with E-state index in [4.69, 9.17) is 9.92 Å². The van der Waals surface area contributed by atoms with Gasteiger partial charge in [0.2, 0.25) is 0 Å². The van der Waals surface area contributed by atoms with Gasteiger partial charge in [-0.2, -0.15) is 8.42 Å². The van der Waals surface area contributed by atoms with Crippen molar-refractivity contribution < 1.29 is 12.6 Å². The maximum Gasteiger partial charge on any atom is 0.339 e. The van der Waals surface area contributed by atoms with Crippen molar-refractivity contribution in [2.75, 3.05) is 5.73 Å². The highest BCUT2D eigenvalue weighted by Crippen LogP contribution is 2.30. The predicted molar refractivity (Wildman–Crippen MR) is 85.1 cm³/mol. The van der Waals surface area contributed by atoms with Crippen molar-refractivity contribution in [1.82, 2.24) is 4.98 Å². The SMILES string of the molecule is Cc1ccc(S(=O)(=O)Oc2ccc(N)c3ncccc23)cc1. The van der Waals surface area contributed by atoms with Gasteiger partial charge in [-0.3, -0.25) is 4.98 Å². The van der Waals surface area contributed by atoms with Crippen LogP contribution in [0.4, 0.5) is 5.69 Å². The van der Waals surface area contributed by atoms with E-state index in [1.54, 1.807) is 36.5 Å². The zero-order valence-electron chi connectivity index (χ0n) is 11.9. The highest BCUT2D eigenvalue weighted by Gasteiger charge is 2.18. The third-order valence-electron chi connectivity index (χ3n) is 3.27. The van der Waals surface area contributed by atoms with Crippen LogP contribution in [0.25, 0.3) is 10.9 Å². The molecule has 0 saturated heterocycles. The molecule has 1 heterocycles. The van der Waals surface area contributed by atoms with Crippen molar-refractivity contribution >= 4 is 26.7 Å². The summed E-state index contributed by atoms with van der Waals surface area (Å²) in [4.78, 5) is 4.26. The van der Waals surface area contributed by atoms with E-state index in [2.05, 4.69) is 4.98 Å². The Balaban J connectivity index is 2.06. The fourth-order valence-corrected chi connectivity index (χ4v) is 3.06. The van der Waals surface area contributed by atoms with Crippen LogP contribution < -0.4 is 9.92 Å². The lowest BCUT2D eigenvalue weighted by Crippen LogP contribution is -2.10. The zero-order valence-corrected chi connectivity index (χ0v) is 12.7. The van der Waals surface area contributed by atoms with Gasteiger partial charge >= 0.3 is 10.1 Å². The zero-order chi connectivity index (χ0) is 15.7. The van der Waals surface area contributed by atoms with Crippen molar-refractivity contribution in [3.8, 4) is 5.75 Å². The number of nitrogen functional groups attached to an aromatic ring is 1.